The molecule has 0 aromatic heterocycles. The molecule has 2 atom stereocenters. The van der Waals surface area contributed by atoms with Gasteiger partial charge in [0, 0.05) is 12.8 Å². The zero-order valence-electron chi connectivity index (χ0n) is 51.1. The summed E-state index contributed by atoms with van der Waals surface area (Å²) in [6.07, 6.45) is 79.6. The monoisotopic (exact) mass is 1060 g/mol. The maximum Gasteiger partial charge on any atom is 0.305 e. The summed E-state index contributed by atoms with van der Waals surface area (Å²) in [7, 11) is 0. The first-order valence-electron chi connectivity index (χ1n) is 34.4. The largest absolute Gasteiger partial charge is 0.466 e. The third kappa shape index (κ3) is 61.7. The van der Waals surface area contributed by atoms with Crippen LogP contribution in [0.25, 0.3) is 0 Å². The Hall–Kier alpha value is -1.40. The molecular weight excluding hydrogens is 923 g/mol. The van der Waals surface area contributed by atoms with E-state index in [1.165, 1.54) is 315 Å². The lowest BCUT2D eigenvalue weighted by Gasteiger charge is -2.22. The van der Waals surface area contributed by atoms with Crippen LogP contribution in [-0.2, 0) is 14.3 Å². The predicted octanol–water partition coefficient (Wildman–Crippen LogP) is 22.0. The van der Waals surface area contributed by atoms with Gasteiger partial charge in [-0.15, -0.1) is 0 Å². The zero-order chi connectivity index (χ0) is 54.3. The second-order valence-corrected chi connectivity index (χ2v) is 23.9. The maximum absolute atomic E-state index is 12.6. The highest BCUT2D eigenvalue weighted by Crippen LogP contribution is 2.19. The summed E-state index contributed by atoms with van der Waals surface area (Å²) in [5.74, 6) is -0.0270. The Morgan fingerprint density at radius 2 is 0.627 bits per heavy atom. The first-order chi connectivity index (χ1) is 37.0. The van der Waals surface area contributed by atoms with Crippen LogP contribution in [0.3, 0.4) is 0 Å². The first kappa shape index (κ1) is 73.6. The summed E-state index contributed by atoms with van der Waals surface area (Å²) in [6, 6.07) is -0.543. The van der Waals surface area contributed by atoms with Crippen molar-refractivity contribution in [1.29, 1.82) is 0 Å². The fourth-order valence-electron chi connectivity index (χ4n) is 11.1. The van der Waals surface area contributed by atoms with Gasteiger partial charge in [0.05, 0.1) is 25.4 Å². The minimum Gasteiger partial charge on any atom is -0.466 e. The topological polar surface area (TPSA) is 95.9 Å². The highest BCUT2D eigenvalue weighted by molar-refractivity contribution is 5.76. The van der Waals surface area contributed by atoms with E-state index in [0.717, 1.165) is 44.9 Å². The molecule has 0 bridgehead atoms. The molecule has 2 unspecified atom stereocenters. The molecule has 75 heavy (non-hydrogen) atoms. The van der Waals surface area contributed by atoms with Crippen LogP contribution >= 0.6 is 0 Å². The number of rotatable bonds is 65. The third-order valence-electron chi connectivity index (χ3n) is 16.3. The summed E-state index contributed by atoms with van der Waals surface area (Å²) in [5, 5.41) is 23.4. The minimum absolute atomic E-state index is 0.00396. The fraction of sp³-hybridized carbons (Fsp3) is 0.942. The number of esters is 1. The van der Waals surface area contributed by atoms with Crippen molar-refractivity contribution in [2.24, 2.45) is 0 Å². The number of ether oxygens (including phenoxy) is 1. The number of hydrogen-bond donors (Lipinski definition) is 3. The molecule has 0 heterocycles. The number of carbonyl (C=O) groups is 2. The molecular formula is C69H135NO5. The number of carbonyl (C=O) groups excluding carboxylic acids is 2. The molecule has 0 aliphatic rings. The second kappa shape index (κ2) is 65.1. The van der Waals surface area contributed by atoms with E-state index >= 15 is 0 Å². The molecule has 0 aromatic carbocycles. The van der Waals surface area contributed by atoms with Gasteiger partial charge in [-0.05, 0) is 51.4 Å². The van der Waals surface area contributed by atoms with Crippen molar-refractivity contribution in [3.05, 3.63) is 12.2 Å². The molecule has 0 spiro atoms. The molecule has 0 aromatic rings. The molecule has 0 radical (unpaired) electrons. The Labute approximate surface area is 469 Å². The predicted molar refractivity (Wildman–Crippen MR) is 329 cm³/mol. The average Bonchev–Trinajstić information content (AvgIpc) is 3.41. The number of amides is 1. The van der Waals surface area contributed by atoms with Gasteiger partial charge in [-0.3, -0.25) is 9.59 Å². The van der Waals surface area contributed by atoms with Gasteiger partial charge in [-0.2, -0.15) is 0 Å². The van der Waals surface area contributed by atoms with Crippen molar-refractivity contribution in [3.63, 3.8) is 0 Å². The highest BCUT2D eigenvalue weighted by atomic mass is 16.5. The highest BCUT2D eigenvalue weighted by Gasteiger charge is 2.20. The van der Waals surface area contributed by atoms with Gasteiger partial charge in [0.25, 0.3) is 0 Å². The van der Waals surface area contributed by atoms with Crippen molar-refractivity contribution in [2.45, 2.75) is 405 Å². The molecule has 0 fully saturated rings. The fourth-order valence-corrected chi connectivity index (χ4v) is 11.1. The Kier molecular flexibility index (Phi) is 63.9. The molecule has 0 rings (SSSR count). The summed E-state index contributed by atoms with van der Waals surface area (Å²) >= 11 is 0. The van der Waals surface area contributed by atoms with Crippen LogP contribution in [0.1, 0.15) is 393 Å². The van der Waals surface area contributed by atoms with Crippen LogP contribution in [0.2, 0.25) is 0 Å². The molecule has 0 aliphatic carbocycles. The van der Waals surface area contributed by atoms with E-state index in [0.29, 0.717) is 25.9 Å². The number of unbranched alkanes of at least 4 members (excludes halogenated alkanes) is 52. The van der Waals surface area contributed by atoms with Gasteiger partial charge in [-0.25, -0.2) is 0 Å². The van der Waals surface area contributed by atoms with E-state index in [9.17, 15) is 19.8 Å². The van der Waals surface area contributed by atoms with Gasteiger partial charge in [0.1, 0.15) is 0 Å². The third-order valence-corrected chi connectivity index (χ3v) is 16.3. The van der Waals surface area contributed by atoms with Crippen LogP contribution in [0.5, 0.6) is 0 Å². The summed E-state index contributed by atoms with van der Waals surface area (Å²) in [4.78, 5) is 24.6. The smallest absolute Gasteiger partial charge is 0.305 e. The molecule has 6 nitrogen and oxygen atoms in total. The number of hydrogen-bond acceptors (Lipinski definition) is 5. The van der Waals surface area contributed by atoms with Gasteiger partial charge in [-0.1, -0.05) is 341 Å². The number of allylic oxidation sites excluding steroid dienone is 2. The SMILES string of the molecule is CCCCCC/C=C\CCCCCCCC(=O)OCCCCCCCCCCCCCCCCCCCCCCCC(=O)NC(CO)C(O)CCCCCCCCCCCCCCCCCCCCCCCCCC. The molecule has 6 heteroatoms. The van der Waals surface area contributed by atoms with Crippen molar-refractivity contribution in [3.8, 4) is 0 Å². The average molecular weight is 1060 g/mol. The second-order valence-electron chi connectivity index (χ2n) is 23.9. The quantitative estimate of drug-likeness (QED) is 0.0320. The lowest BCUT2D eigenvalue weighted by molar-refractivity contribution is -0.143. The van der Waals surface area contributed by atoms with E-state index in [1.807, 2.05) is 0 Å². The lowest BCUT2D eigenvalue weighted by atomic mass is 10.0. The Bertz CT molecular complexity index is 1130. The standard InChI is InChI=1S/C69H135NO5/c1-3-5-7-9-11-13-15-17-18-19-20-21-22-23-25-28-31-34-38-41-45-49-53-57-61-67(72)66(65-71)70-68(73)62-58-54-50-46-42-39-35-32-29-26-24-27-30-33-36-40-44-48-52-56-60-64-75-69(74)63-59-55-51-47-43-37-16-14-12-10-8-6-4-2/h14,16,66-67,71-72H,3-13,15,17-65H2,1-2H3,(H,70,73)/b16-14-. The maximum atomic E-state index is 12.6. The van der Waals surface area contributed by atoms with Crippen LogP contribution in [0.4, 0.5) is 0 Å². The van der Waals surface area contributed by atoms with Crippen LogP contribution in [0, 0.1) is 0 Å². The van der Waals surface area contributed by atoms with Gasteiger partial charge in [0.2, 0.25) is 5.91 Å². The van der Waals surface area contributed by atoms with E-state index in [1.54, 1.807) is 0 Å². The number of aliphatic hydroxyl groups is 2. The molecule has 446 valence electrons. The number of aliphatic hydroxyl groups excluding tert-OH is 2. The van der Waals surface area contributed by atoms with Crippen LogP contribution in [-0.4, -0.2) is 47.4 Å². The van der Waals surface area contributed by atoms with Crippen molar-refractivity contribution in [1.82, 2.24) is 5.32 Å². The summed E-state index contributed by atoms with van der Waals surface area (Å²) < 4.78 is 5.48. The van der Waals surface area contributed by atoms with E-state index in [4.69, 9.17) is 4.74 Å². The minimum atomic E-state index is -0.666. The summed E-state index contributed by atoms with van der Waals surface area (Å²) in [5.41, 5.74) is 0. The number of nitrogens with one attached hydrogen (secondary N) is 1. The molecule has 0 saturated heterocycles. The van der Waals surface area contributed by atoms with Crippen molar-refractivity contribution < 1.29 is 24.5 Å². The zero-order valence-corrected chi connectivity index (χ0v) is 51.1. The van der Waals surface area contributed by atoms with Gasteiger partial charge in [0.15, 0.2) is 0 Å². The Morgan fingerprint density at radius 1 is 0.360 bits per heavy atom. The summed E-state index contributed by atoms with van der Waals surface area (Å²) in [6.45, 7) is 4.97. The van der Waals surface area contributed by atoms with Crippen LogP contribution < -0.4 is 5.32 Å². The molecule has 1 amide bonds. The first-order valence-corrected chi connectivity index (χ1v) is 34.4. The van der Waals surface area contributed by atoms with Crippen molar-refractivity contribution in [2.75, 3.05) is 13.2 Å². The van der Waals surface area contributed by atoms with E-state index < -0.39 is 12.1 Å². The van der Waals surface area contributed by atoms with Gasteiger partial charge >= 0.3 is 5.97 Å². The molecule has 0 aliphatic heterocycles. The van der Waals surface area contributed by atoms with E-state index in [-0.39, 0.29) is 18.5 Å². The normalized spacial score (nSPS) is 12.5. The molecule has 0 saturated carbocycles. The van der Waals surface area contributed by atoms with Crippen molar-refractivity contribution >= 4 is 11.9 Å². The van der Waals surface area contributed by atoms with E-state index in [2.05, 4.69) is 31.3 Å². The molecule has 3 N–H and O–H groups in total. The lowest BCUT2D eigenvalue weighted by Crippen LogP contribution is -2.45. The van der Waals surface area contributed by atoms with Gasteiger partial charge < -0.3 is 20.3 Å². The van der Waals surface area contributed by atoms with Crippen LogP contribution in [0.15, 0.2) is 12.2 Å². The Morgan fingerprint density at radius 3 is 0.960 bits per heavy atom. The Balaban J connectivity index is 3.38.